The molecule has 22 heavy (non-hydrogen) atoms. The molecule has 124 valence electrons. The average Bonchev–Trinajstić information content (AvgIpc) is 2.94. The molecule has 0 radical (unpaired) electrons. The Kier molecular flexibility index (Phi) is 7.58. The molecule has 8 nitrogen and oxygen atoms in total. The van der Waals surface area contributed by atoms with Gasteiger partial charge in [-0.2, -0.15) is 0 Å². The van der Waals surface area contributed by atoms with Crippen LogP contribution in [-0.2, 0) is 23.9 Å². The minimum atomic E-state index is -0.505. The SMILES string of the molecule is CCOC(=O)CCNC(=S)N1CCCN1C(=O)COC(C)=O. The van der Waals surface area contributed by atoms with Crippen LogP contribution in [0.25, 0.3) is 0 Å². The van der Waals surface area contributed by atoms with Gasteiger partial charge < -0.3 is 14.8 Å². The Balaban J connectivity index is 2.41. The second kappa shape index (κ2) is 9.19. The molecule has 0 aliphatic carbocycles. The minimum absolute atomic E-state index is 0.198. The van der Waals surface area contributed by atoms with Crippen molar-refractivity contribution in [2.45, 2.75) is 26.7 Å². The number of carbonyl (C=O) groups excluding carboxylic acids is 3. The molecule has 0 aromatic heterocycles. The summed E-state index contributed by atoms with van der Waals surface area (Å²) in [4.78, 5) is 34.0. The normalized spacial score (nSPS) is 13.7. The van der Waals surface area contributed by atoms with Gasteiger partial charge in [0.25, 0.3) is 5.91 Å². The number of thiocarbonyl (C=S) groups is 1. The third-order valence-electron chi connectivity index (χ3n) is 2.86. The topological polar surface area (TPSA) is 88.2 Å². The third kappa shape index (κ3) is 5.84. The molecule has 0 aromatic rings. The highest BCUT2D eigenvalue weighted by molar-refractivity contribution is 7.80. The second-order valence-electron chi connectivity index (χ2n) is 4.56. The van der Waals surface area contributed by atoms with Crippen LogP contribution in [0.3, 0.4) is 0 Å². The summed E-state index contributed by atoms with van der Waals surface area (Å²) >= 11 is 5.22. The molecule has 0 aromatic carbocycles. The number of hydrogen-bond acceptors (Lipinski definition) is 6. The lowest BCUT2D eigenvalue weighted by Gasteiger charge is -2.29. The Morgan fingerprint density at radius 2 is 1.86 bits per heavy atom. The molecular formula is C13H21N3O5S. The first-order valence-electron chi connectivity index (χ1n) is 7.10. The molecule has 0 atom stereocenters. The highest BCUT2D eigenvalue weighted by Crippen LogP contribution is 2.11. The number of nitrogens with one attached hydrogen (secondary N) is 1. The lowest BCUT2D eigenvalue weighted by Crippen LogP contribution is -2.50. The molecule has 1 fully saturated rings. The van der Waals surface area contributed by atoms with Crippen LogP contribution < -0.4 is 5.32 Å². The van der Waals surface area contributed by atoms with Gasteiger partial charge in [0.2, 0.25) is 0 Å². The first kappa shape index (κ1) is 18.1. The van der Waals surface area contributed by atoms with Gasteiger partial charge >= 0.3 is 11.9 Å². The fraction of sp³-hybridized carbons (Fsp3) is 0.692. The van der Waals surface area contributed by atoms with Gasteiger partial charge in [0.05, 0.1) is 13.0 Å². The van der Waals surface area contributed by atoms with E-state index >= 15 is 0 Å². The van der Waals surface area contributed by atoms with Crippen LogP contribution in [-0.4, -0.2) is 65.8 Å². The van der Waals surface area contributed by atoms with Crippen LogP contribution in [0.4, 0.5) is 0 Å². The van der Waals surface area contributed by atoms with Crippen LogP contribution in [0.5, 0.6) is 0 Å². The molecular weight excluding hydrogens is 310 g/mol. The number of ether oxygens (including phenoxy) is 2. The Morgan fingerprint density at radius 1 is 1.18 bits per heavy atom. The van der Waals surface area contributed by atoms with Gasteiger partial charge in [0.15, 0.2) is 11.7 Å². The van der Waals surface area contributed by atoms with E-state index < -0.39 is 5.97 Å². The van der Waals surface area contributed by atoms with Gasteiger partial charge in [0, 0.05) is 26.6 Å². The smallest absolute Gasteiger partial charge is 0.307 e. The van der Waals surface area contributed by atoms with Crippen molar-refractivity contribution >= 4 is 35.2 Å². The predicted molar refractivity (Wildman–Crippen MR) is 81.5 cm³/mol. The van der Waals surface area contributed by atoms with Crippen molar-refractivity contribution in [1.29, 1.82) is 0 Å². The van der Waals surface area contributed by atoms with Gasteiger partial charge in [-0.1, -0.05) is 0 Å². The van der Waals surface area contributed by atoms with E-state index in [2.05, 4.69) is 5.32 Å². The maximum absolute atomic E-state index is 12.0. The van der Waals surface area contributed by atoms with E-state index in [0.717, 1.165) is 6.42 Å². The maximum atomic E-state index is 12.0. The van der Waals surface area contributed by atoms with Crippen molar-refractivity contribution in [3.63, 3.8) is 0 Å². The summed E-state index contributed by atoms with van der Waals surface area (Å²) in [5.41, 5.74) is 0. The number of hydrogen-bond donors (Lipinski definition) is 1. The second-order valence-corrected chi connectivity index (χ2v) is 4.95. The number of nitrogens with zero attached hydrogens (tertiary/aromatic N) is 2. The van der Waals surface area contributed by atoms with E-state index in [4.69, 9.17) is 21.7 Å². The Morgan fingerprint density at radius 3 is 2.50 bits per heavy atom. The molecule has 0 spiro atoms. The highest BCUT2D eigenvalue weighted by atomic mass is 32.1. The molecule has 1 heterocycles. The quantitative estimate of drug-likeness (QED) is 0.530. The van der Waals surface area contributed by atoms with Crippen molar-refractivity contribution in [3.8, 4) is 0 Å². The lowest BCUT2D eigenvalue weighted by molar-refractivity contribution is -0.154. The number of carbonyl (C=O) groups is 3. The van der Waals surface area contributed by atoms with Crippen LogP contribution in [0, 0.1) is 0 Å². The Bertz CT molecular complexity index is 443. The number of hydrazine groups is 1. The first-order valence-corrected chi connectivity index (χ1v) is 7.51. The highest BCUT2D eigenvalue weighted by Gasteiger charge is 2.28. The predicted octanol–water partition coefficient (Wildman–Crippen LogP) is -0.173. The average molecular weight is 331 g/mol. The van der Waals surface area contributed by atoms with E-state index in [-0.39, 0.29) is 24.9 Å². The van der Waals surface area contributed by atoms with Crippen molar-refractivity contribution in [2.24, 2.45) is 0 Å². The number of rotatable bonds is 6. The monoisotopic (exact) mass is 331 g/mol. The van der Waals surface area contributed by atoms with Crippen LogP contribution in [0.2, 0.25) is 0 Å². The van der Waals surface area contributed by atoms with E-state index in [1.807, 2.05) is 0 Å². The summed E-state index contributed by atoms with van der Waals surface area (Å²) in [6, 6.07) is 0. The lowest BCUT2D eigenvalue weighted by atomic mass is 10.4. The molecule has 1 N–H and O–H groups in total. The van der Waals surface area contributed by atoms with Crippen molar-refractivity contribution in [3.05, 3.63) is 0 Å². The van der Waals surface area contributed by atoms with Crippen LogP contribution in [0.1, 0.15) is 26.7 Å². The van der Waals surface area contributed by atoms with Crippen LogP contribution in [0.15, 0.2) is 0 Å². The zero-order valence-electron chi connectivity index (χ0n) is 12.8. The zero-order chi connectivity index (χ0) is 16.5. The van der Waals surface area contributed by atoms with Gasteiger partial charge in [-0.25, -0.2) is 5.01 Å². The van der Waals surface area contributed by atoms with Crippen molar-refractivity contribution in [2.75, 3.05) is 32.8 Å². The van der Waals surface area contributed by atoms with Gasteiger partial charge in [-0.3, -0.25) is 19.4 Å². The molecule has 1 aliphatic rings. The number of amides is 1. The summed E-state index contributed by atoms with van der Waals surface area (Å²) in [6.07, 6.45) is 0.967. The molecule has 1 aliphatic heterocycles. The largest absolute Gasteiger partial charge is 0.466 e. The minimum Gasteiger partial charge on any atom is -0.466 e. The Labute approximate surface area is 134 Å². The Hall–Kier alpha value is -1.90. The van der Waals surface area contributed by atoms with E-state index in [1.54, 1.807) is 11.9 Å². The van der Waals surface area contributed by atoms with E-state index in [9.17, 15) is 14.4 Å². The fourth-order valence-corrected chi connectivity index (χ4v) is 2.21. The third-order valence-corrected chi connectivity index (χ3v) is 3.22. The maximum Gasteiger partial charge on any atom is 0.307 e. The molecule has 1 amide bonds. The van der Waals surface area contributed by atoms with Gasteiger partial charge in [-0.15, -0.1) is 0 Å². The standard InChI is InChI=1S/C13H21N3O5S/c1-3-20-12(19)5-6-14-13(22)16-8-4-7-15(16)11(18)9-21-10(2)17/h3-9H2,1-2H3,(H,14,22). The molecule has 0 bridgehead atoms. The summed E-state index contributed by atoms with van der Waals surface area (Å²) in [7, 11) is 0. The van der Waals surface area contributed by atoms with Crippen molar-refractivity contribution < 1.29 is 23.9 Å². The summed E-state index contributed by atoms with van der Waals surface area (Å²) < 4.78 is 9.52. The van der Waals surface area contributed by atoms with Gasteiger partial charge in [0.1, 0.15) is 0 Å². The van der Waals surface area contributed by atoms with E-state index in [1.165, 1.54) is 11.9 Å². The first-order chi connectivity index (χ1) is 10.5. The molecule has 0 unspecified atom stereocenters. The molecule has 0 saturated carbocycles. The molecule has 9 heteroatoms. The molecule has 1 saturated heterocycles. The number of esters is 2. The molecule has 1 rings (SSSR count). The zero-order valence-corrected chi connectivity index (χ0v) is 13.6. The van der Waals surface area contributed by atoms with Crippen molar-refractivity contribution in [1.82, 2.24) is 15.3 Å². The summed E-state index contributed by atoms with van der Waals surface area (Å²) in [5, 5.41) is 6.34. The summed E-state index contributed by atoms with van der Waals surface area (Å²) in [6.45, 7) is 4.46. The van der Waals surface area contributed by atoms with E-state index in [0.29, 0.717) is 31.4 Å². The van der Waals surface area contributed by atoms with Crippen LogP contribution >= 0.6 is 12.2 Å². The van der Waals surface area contributed by atoms with Gasteiger partial charge in [-0.05, 0) is 25.6 Å². The fourth-order valence-electron chi connectivity index (χ4n) is 1.92. The summed E-state index contributed by atoms with van der Waals surface area (Å²) in [5.74, 6) is -1.14.